The van der Waals surface area contributed by atoms with Gasteiger partial charge in [0.15, 0.2) is 0 Å². The van der Waals surface area contributed by atoms with Crippen molar-refractivity contribution in [3.63, 3.8) is 0 Å². The van der Waals surface area contributed by atoms with Crippen LogP contribution in [0, 0.1) is 0 Å². The van der Waals surface area contributed by atoms with Gasteiger partial charge in [0.1, 0.15) is 0 Å². The lowest BCUT2D eigenvalue weighted by molar-refractivity contribution is 0.264. The van der Waals surface area contributed by atoms with E-state index in [4.69, 9.17) is 10.8 Å². The van der Waals surface area contributed by atoms with Crippen molar-refractivity contribution in [3.05, 3.63) is 22.7 Å². The molecule has 1 saturated heterocycles. The molecule has 0 aliphatic carbocycles. The second kappa shape index (κ2) is 6.43. The van der Waals surface area contributed by atoms with E-state index >= 15 is 0 Å². The fourth-order valence-corrected chi connectivity index (χ4v) is 4.83. The summed E-state index contributed by atoms with van der Waals surface area (Å²) < 4.78 is 27.5. The topological polar surface area (TPSA) is 83.6 Å². The monoisotopic (exact) mass is 362 g/mol. The Morgan fingerprint density at radius 1 is 1.45 bits per heavy atom. The molecule has 0 saturated carbocycles. The van der Waals surface area contributed by atoms with E-state index in [-0.39, 0.29) is 17.5 Å². The zero-order valence-electron chi connectivity index (χ0n) is 11.1. The van der Waals surface area contributed by atoms with Crippen LogP contribution in [0.15, 0.2) is 27.6 Å². The third-order valence-corrected chi connectivity index (χ3v) is 6.23. The molecule has 1 aromatic carbocycles. The van der Waals surface area contributed by atoms with Crippen LogP contribution in [0.1, 0.15) is 25.7 Å². The Kier molecular flexibility index (Phi) is 5.06. The molecule has 1 atom stereocenters. The second-order valence-corrected chi connectivity index (χ2v) is 7.71. The number of nitrogens with zero attached hydrogens (tertiary/aromatic N) is 1. The maximum atomic E-state index is 12.7. The van der Waals surface area contributed by atoms with E-state index in [1.54, 1.807) is 16.4 Å². The highest BCUT2D eigenvalue weighted by atomic mass is 79.9. The maximum absolute atomic E-state index is 12.7. The number of sulfonamides is 1. The number of halogens is 1. The molecule has 112 valence electrons. The average Bonchev–Trinajstić information content (AvgIpc) is 2.88. The van der Waals surface area contributed by atoms with Crippen LogP contribution >= 0.6 is 15.9 Å². The first-order chi connectivity index (χ1) is 9.46. The summed E-state index contributed by atoms with van der Waals surface area (Å²) >= 11 is 3.26. The van der Waals surface area contributed by atoms with E-state index in [0.717, 1.165) is 12.8 Å². The molecule has 3 N–H and O–H groups in total. The molecule has 1 aliphatic rings. The van der Waals surface area contributed by atoms with Crippen LogP contribution in [0.5, 0.6) is 0 Å². The van der Waals surface area contributed by atoms with Gasteiger partial charge in [-0.05, 0) is 59.8 Å². The van der Waals surface area contributed by atoms with Gasteiger partial charge in [0, 0.05) is 29.4 Å². The fraction of sp³-hybridized carbons (Fsp3) is 0.538. The molecule has 0 radical (unpaired) electrons. The van der Waals surface area contributed by atoms with Crippen molar-refractivity contribution < 1.29 is 13.5 Å². The van der Waals surface area contributed by atoms with Crippen molar-refractivity contribution in [1.29, 1.82) is 0 Å². The Hall–Kier alpha value is -0.630. The first-order valence-corrected chi connectivity index (χ1v) is 8.88. The lowest BCUT2D eigenvalue weighted by Crippen LogP contribution is -2.35. The van der Waals surface area contributed by atoms with Crippen LogP contribution in [-0.2, 0) is 10.0 Å². The number of nitrogens with two attached hydrogens (primary N) is 1. The summed E-state index contributed by atoms with van der Waals surface area (Å²) in [6.45, 7) is 0.637. The minimum Gasteiger partial charge on any atom is -0.398 e. The Balaban J connectivity index is 2.26. The molecule has 0 aromatic heterocycles. The summed E-state index contributed by atoms with van der Waals surface area (Å²) in [6, 6.07) is 4.67. The molecule has 1 unspecified atom stereocenters. The predicted molar refractivity (Wildman–Crippen MR) is 81.8 cm³/mol. The zero-order valence-corrected chi connectivity index (χ0v) is 13.5. The zero-order chi connectivity index (χ0) is 14.8. The van der Waals surface area contributed by atoms with Crippen molar-refractivity contribution >= 4 is 31.6 Å². The molecule has 20 heavy (non-hydrogen) atoms. The van der Waals surface area contributed by atoms with Crippen LogP contribution in [0.3, 0.4) is 0 Å². The summed E-state index contributed by atoms with van der Waals surface area (Å²) in [6.07, 6.45) is 3.05. The van der Waals surface area contributed by atoms with Crippen LogP contribution < -0.4 is 5.73 Å². The van der Waals surface area contributed by atoms with E-state index in [0.29, 0.717) is 29.5 Å². The lowest BCUT2D eigenvalue weighted by Gasteiger charge is -2.24. The van der Waals surface area contributed by atoms with Crippen LogP contribution in [-0.4, -0.2) is 37.0 Å². The molecule has 1 aromatic rings. The number of benzene rings is 1. The van der Waals surface area contributed by atoms with Gasteiger partial charge in [-0.25, -0.2) is 8.42 Å². The Morgan fingerprint density at radius 2 is 2.20 bits per heavy atom. The van der Waals surface area contributed by atoms with Crippen molar-refractivity contribution in [2.45, 2.75) is 36.6 Å². The third-order valence-electron chi connectivity index (χ3n) is 3.60. The predicted octanol–water partition coefficient (Wildman–Crippen LogP) is 1.96. The highest BCUT2D eigenvalue weighted by Crippen LogP contribution is 2.31. The first-order valence-electron chi connectivity index (χ1n) is 6.64. The van der Waals surface area contributed by atoms with E-state index in [9.17, 15) is 8.42 Å². The van der Waals surface area contributed by atoms with Crippen molar-refractivity contribution in [2.24, 2.45) is 0 Å². The van der Waals surface area contributed by atoms with E-state index in [1.165, 1.54) is 6.07 Å². The molecule has 1 heterocycles. The lowest BCUT2D eigenvalue weighted by atomic mass is 10.1. The standard InChI is InChI=1S/C13H19BrN2O3S/c14-12-9-11(5-6-13(12)15)20(18,19)16-7-1-3-10(16)4-2-8-17/h5-6,9-10,17H,1-4,7-8,15H2. The number of aliphatic hydroxyl groups is 1. The summed E-state index contributed by atoms with van der Waals surface area (Å²) in [4.78, 5) is 0.259. The summed E-state index contributed by atoms with van der Waals surface area (Å²) in [7, 11) is -3.49. The minimum atomic E-state index is -3.49. The molecule has 1 aliphatic heterocycles. The van der Waals surface area contributed by atoms with Crippen LogP contribution in [0.2, 0.25) is 0 Å². The van der Waals surface area contributed by atoms with Crippen molar-refractivity contribution in [3.8, 4) is 0 Å². The maximum Gasteiger partial charge on any atom is 0.243 e. The summed E-state index contributed by atoms with van der Waals surface area (Å²) in [5, 5.41) is 8.91. The van der Waals surface area contributed by atoms with Gasteiger partial charge in [0.05, 0.1) is 4.90 Å². The SMILES string of the molecule is Nc1ccc(S(=O)(=O)N2CCCC2CCCO)cc1Br. The van der Waals surface area contributed by atoms with Gasteiger partial charge in [0.25, 0.3) is 0 Å². The van der Waals surface area contributed by atoms with E-state index in [2.05, 4.69) is 15.9 Å². The van der Waals surface area contributed by atoms with Crippen LogP contribution in [0.4, 0.5) is 5.69 Å². The molecule has 7 heteroatoms. The van der Waals surface area contributed by atoms with Gasteiger partial charge >= 0.3 is 0 Å². The van der Waals surface area contributed by atoms with Gasteiger partial charge in [-0.2, -0.15) is 4.31 Å². The second-order valence-electron chi connectivity index (χ2n) is 4.96. The Bertz CT molecular complexity index is 577. The molecule has 2 rings (SSSR count). The molecular formula is C13H19BrN2O3S. The molecule has 1 fully saturated rings. The van der Waals surface area contributed by atoms with E-state index < -0.39 is 10.0 Å². The van der Waals surface area contributed by atoms with Gasteiger partial charge in [0.2, 0.25) is 10.0 Å². The normalized spacial score (nSPS) is 20.4. The van der Waals surface area contributed by atoms with E-state index in [1.807, 2.05) is 0 Å². The van der Waals surface area contributed by atoms with Crippen LogP contribution in [0.25, 0.3) is 0 Å². The number of aliphatic hydroxyl groups excluding tert-OH is 1. The van der Waals surface area contributed by atoms with Gasteiger partial charge < -0.3 is 10.8 Å². The first kappa shape index (κ1) is 15.8. The largest absolute Gasteiger partial charge is 0.398 e. The highest BCUT2D eigenvalue weighted by Gasteiger charge is 2.34. The Morgan fingerprint density at radius 3 is 2.85 bits per heavy atom. The highest BCUT2D eigenvalue weighted by molar-refractivity contribution is 9.10. The smallest absolute Gasteiger partial charge is 0.243 e. The quantitative estimate of drug-likeness (QED) is 0.784. The minimum absolute atomic E-state index is 0.0107. The summed E-state index contributed by atoms with van der Waals surface area (Å²) in [5.41, 5.74) is 6.21. The van der Waals surface area contributed by atoms with Crippen molar-refractivity contribution in [1.82, 2.24) is 4.31 Å². The number of hydrogen-bond donors (Lipinski definition) is 2. The van der Waals surface area contributed by atoms with Gasteiger partial charge in [-0.1, -0.05) is 0 Å². The number of hydrogen-bond acceptors (Lipinski definition) is 4. The molecule has 0 amide bonds. The average molecular weight is 363 g/mol. The molecular weight excluding hydrogens is 344 g/mol. The molecule has 5 nitrogen and oxygen atoms in total. The molecule has 0 bridgehead atoms. The molecule has 0 spiro atoms. The fourth-order valence-electron chi connectivity index (χ4n) is 2.54. The van der Waals surface area contributed by atoms with Gasteiger partial charge in [-0.15, -0.1) is 0 Å². The number of nitrogen functional groups attached to an aromatic ring is 1. The van der Waals surface area contributed by atoms with Gasteiger partial charge in [-0.3, -0.25) is 0 Å². The summed E-state index contributed by atoms with van der Waals surface area (Å²) in [5.74, 6) is 0. The third kappa shape index (κ3) is 3.16. The van der Waals surface area contributed by atoms with Crippen molar-refractivity contribution in [2.75, 3.05) is 18.9 Å². The number of rotatable bonds is 5. The Labute approximate surface area is 128 Å². The number of anilines is 1.